The van der Waals surface area contributed by atoms with Crippen molar-refractivity contribution in [2.75, 3.05) is 24.5 Å². The third-order valence-electron chi connectivity index (χ3n) is 6.26. The SMILES string of the molecule is CC1(C)C(=O)N(CCC(=O)N(C(=O)C2CCCNC2)C2CC2)c2ccccc21. The summed E-state index contributed by atoms with van der Waals surface area (Å²) in [5.41, 5.74) is 1.29. The van der Waals surface area contributed by atoms with Crippen LogP contribution in [0.25, 0.3) is 0 Å². The highest BCUT2D eigenvalue weighted by Gasteiger charge is 2.44. The molecule has 1 atom stereocenters. The molecule has 2 aliphatic heterocycles. The van der Waals surface area contributed by atoms with Gasteiger partial charge in [0.05, 0.1) is 11.3 Å². The molecule has 6 heteroatoms. The van der Waals surface area contributed by atoms with Gasteiger partial charge in [-0.2, -0.15) is 0 Å². The maximum Gasteiger partial charge on any atom is 0.237 e. The quantitative estimate of drug-likeness (QED) is 0.846. The average Bonchev–Trinajstić information content (AvgIpc) is 3.51. The molecule has 1 unspecified atom stereocenters. The highest BCUT2D eigenvalue weighted by molar-refractivity contribution is 6.08. The number of anilines is 1. The van der Waals surface area contributed by atoms with Gasteiger partial charge in [-0.3, -0.25) is 19.3 Å². The van der Waals surface area contributed by atoms with Crippen molar-refractivity contribution in [3.05, 3.63) is 29.8 Å². The molecule has 1 aromatic carbocycles. The number of para-hydroxylation sites is 1. The second kappa shape index (κ2) is 7.32. The molecule has 1 N–H and O–H groups in total. The lowest BCUT2D eigenvalue weighted by Crippen LogP contribution is -2.47. The van der Waals surface area contributed by atoms with Crippen molar-refractivity contribution in [2.45, 2.75) is 57.4 Å². The summed E-state index contributed by atoms with van der Waals surface area (Å²) in [5, 5.41) is 3.26. The number of nitrogens with one attached hydrogen (secondary N) is 1. The molecule has 6 nitrogen and oxygen atoms in total. The molecule has 2 fully saturated rings. The molecule has 0 bridgehead atoms. The number of hydrogen-bond acceptors (Lipinski definition) is 4. The van der Waals surface area contributed by atoms with Crippen LogP contribution < -0.4 is 10.2 Å². The van der Waals surface area contributed by atoms with E-state index in [1.807, 2.05) is 38.1 Å². The number of piperidine rings is 1. The number of carbonyl (C=O) groups is 3. The summed E-state index contributed by atoms with van der Waals surface area (Å²) in [7, 11) is 0. The summed E-state index contributed by atoms with van der Waals surface area (Å²) >= 11 is 0. The standard InChI is InChI=1S/C22H29N3O3/c1-22(2)17-7-3-4-8-18(17)24(21(22)28)13-11-19(26)25(16-9-10-16)20(27)15-6-5-12-23-14-15/h3-4,7-8,15-16,23H,5-6,9-14H2,1-2H3. The van der Waals surface area contributed by atoms with Gasteiger partial charge in [0.25, 0.3) is 0 Å². The van der Waals surface area contributed by atoms with Crippen LogP contribution in [0.1, 0.15) is 51.5 Å². The molecule has 2 heterocycles. The number of rotatable bonds is 5. The van der Waals surface area contributed by atoms with E-state index in [1.165, 1.54) is 4.90 Å². The minimum absolute atomic E-state index is 0.0160. The fraction of sp³-hybridized carbons (Fsp3) is 0.591. The van der Waals surface area contributed by atoms with E-state index < -0.39 is 5.41 Å². The van der Waals surface area contributed by atoms with Gasteiger partial charge in [-0.15, -0.1) is 0 Å². The Morgan fingerprint density at radius 2 is 1.96 bits per heavy atom. The Hall–Kier alpha value is -2.21. The van der Waals surface area contributed by atoms with E-state index in [-0.39, 0.29) is 36.1 Å². The normalized spacial score (nSPS) is 23.4. The molecule has 1 saturated carbocycles. The van der Waals surface area contributed by atoms with Crippen molar-refractivity contribution in [2.24, 2.45) is 5.92 Å². The minimum Gasteiger partial charge on any atom is -0.316 e. The maximum absolute atomic E-state index is 13.0. The number of nitrogens with zero attached hydrogens (tertiary/aromatic N) is 2. The van der Waals surface area contributed by atoms with Crippen molar-refractivity contribution in [3.63, 3.8) is 0 Å². The zero-order chi connectivity index (χ0) is 19.9. The molecular weight excluding hydrogens is 354 g/mol. The Labute approximate surface area is 166 Å². The molecule has 28 heavy (non-hydrogen) atoms. The zero-order valence-electron chi connectivity index (χ0n) is 16.7. The first-order valence-electron chi connectivity index (χ1n) is 10.4. The van der Waals surface area contributed by atoms with Gasteiger partial charge in [0, 0.05) is 31.2 Å². The van der Waals surface area contributed by atoms with Gasteiger partial charge < -0.3 is 10.2 Å². The molecule has 3 amide bonds. The molecule has 3 aliphatic rings. The van der Waals surface area contributed by atoms with Gasteiger partial charge in [0.15, 0.2) is 0 Å². The summed E-state index contributed by atoms with van der Waals surface area (Å²) in [4.78, 5) is 42.1. The number of benzene rings is 1. The lowest BCUT2D eigenvalue weighted by Gasteiger charge is -2.29. The average molecular weight is 383 g/mol. The van der Waals surface area contributed by atoms with E-state index in [0.717, 1.165) is 43.5 Å². The van der Waals surface area contributed by atoms with E-state index in [9.17, 15) is 14.4 Å². The number of fused-ring (bicyclic) bond motifs is 1. The summed E-state index contributed by atoms with van der Waals surface area (Å²) in [6.07, 6.45) is 3.79. The van der Waals surface area contributed by atoms with Gasteiger partial charge in [-0.25, -0.2) is 0 Å². The Kier molecular flexibility index (Phi) is 5.00. The van der Waals surface area contributed by atoms with Crippen molar-refractivity contribution < 1.29 is 14.4 Å². The van der Waals surface area contributed by atoms with E-state index in [2.05, 4.69) is 5.32 Å². The van der Waals surface area contributed by atoms with Crippen molar-refractivity contribution >= 4 is 23.4 Å². The third kappa shape index (κ3) is 3.34. The third-order valence-corrected chi connectivity index (χ3v) is 6.26. The Bertz CT molecular complexity index is 794. The highest BCUT2D eigenvalue weighted by atomic mass is 16.2. The monoisotopic (exact) mass is 383 g/mol. The Morgan fingerprint density at radius 1 is 1.21 bits per heavy atom. The molecule has 0 aromatic heterocycles. The van der Waals surface area contributed by atoms with Crippen molar-refractivity contribution in [1.29, 1.82) is 0 Å². The first-order valence-corrected chi connectivity index (χ1v) is 10.4. The van der Waals surface area contributed by atoms with Gasteiger partial charge in [0.2, 0.25) is 17.7 Å². The second-order valence-electron chi connectivity index (χ2n) is 8.73. The first kappa shape index (κ1) is 19.1. The van der Waals surface area contributed by atoms with Crippen molar-refractivity contribution in [1.82, 2.24) is 10.2 Å². The van der Waals surface area contributed by atoms with E-state index in [1.54, 1.807) is 4.90 Å². The van der Waals surface area contributed by atoms with Gasteiger partial charge >= 0.3 is 0 Å². The van der Waals surface area contributed by atoms with Crippen LogP contribution in [0.3, 0.4) is 0 Å². The fourth-order valence-corrected chi connectivity index (χ4v) is 4.45. The summed E-state index contributed by atoms with van der Waals surface area (Å²) in [6.45, 7) is 5.75. The molecule has 4 rings (SSSR count). The molecule has 1 saturated heterocycles. The van der Waals surface area contributed by atoms with Crippen molar-refractivity contribution in [3.8, 4) is 0 Å². The van der Waals surface area contributed by atoms with Gasteiger partial charge in [-0.05, 0) is 57.7 Å². The highest BCUT2D eigenvalue weighted by Crippen LogP contribution is 2.41. The van der Waals surface area contributed by atoms with E-state index >= 15 is 0 Å². The molecule has 1 aliphatic carbocycles. The van der Waals surface area contributed by atoms with Crippen LogP contribution in [0.4, 0.5) is 5.69 Å². The molecular formula is C22H29N3O3. The van der Waals surface area contributed by atoms with Crippen LogP contribution in [0.5, 0.6) is 0 Å². The lowest BCUT2D eigenvalue weighted by molar-refractivity contribution is -0.148. The zero-order valence-corrected chi connectivity index (χ0v) is 16.7. The Balaban J connectivity index is 1.46. The fourth-order valence-electron chi connectivity index (χ4n) is 4.45. The maximum atomic E-state index is 13.0. The summed E-state index contributed by atoms with van der Waals surface area (Å²) < 4.78 is 0. The topological polar surface area (TPSA) is 69.7 Å². The lowest BCUT2D eigenvalue weighted by atomic mass is 9.86. The Morgan fingerprint density at radius 3 is 2.64 bits per heavy atom. The molecule has 0 spiro atoms. The largest absolute Gasteiger partial charge is 0.316 e. The second-order valence-corrected chi connectivity index (χ2v) is 8.73. The van der Waals surface area contributed by atoms with Crippen LogP contribution in [-0.2, 0) is 19.8 Å². The summed E-state index contributed by atoms with van der Waals surface area (Å²) in [5.74, 6) is -0.269. The predicted molar refractivity (Wildman–Crippen MR) is 107 cm³/mol. The molecule has 1 aromatic rings. The van der Waals surface area contributed by atoms with Crippen LogP contribution in [0, 0.1) is 5.92 Å². The number of carbonyl (C=O) groups excluding carboxylic acids is 3. The number of amides is 3. The smallest absolute Gasteiger partial charge is 0.237 e. The first-order chi connectivity index (χ1) is 13.4. The van der Waals surface area contributed by atoms with Gasteiger partial charge in [-0.1, -0.05) is 18.2 Å². The van der Waals surface area contributed by atoms with Gasteiger partial charge in [0.1, 0.15) is 0 Å². The van der Waals surface area contributed by atoms with E-state index in [4.69, 9.17) is 0 Å². The minimum atomic E-state index is -0.584. The van der Waals surface area contributed by atoms with Crippen LogP contribution >= 0.6 is 0 Å². The van der Waals surface area contributed by atoms with Crippen LogP contribution in [0.15, 0.2) is 24.3 Å². The number of hydrogen-bond donors (Lipinski definition) is 1. The van der Waals surface area contributed by atoms with Crippen LogP contribution in [0.2, 0.25) is 0 Å². The summed E-state index contributed by atoms with van der Waals surface area (Å²) in [6, 6.07) is 7.82. The van der Waals surface area contributed by atoms with Crippen LogP contribution in [-0.4, -0.2) is 48.3 Å². The number of imide groups is 1. The predicted octanol–water partition coefficient (Wildman–Crippen LogP) is 2.22. The molecule has 0 radical (unpaired) electrons. The molecule has 150 valence electrons. The van der Waals surface area contributed by atoms with E-state index in [0.29, 0.717) is 13.1 Å².